The van der Waals surface area contributed by atoms with Crippen LogP contribution < -0.4 is 10.6 Å². The summed E-state index contributed by atoms with van der Waals surface area (Å²) in [5, 5.41) is 6.99. The van der Waals surface area contributed by atoms with Crippen LogP contribution in [0.5, 0.6) is 0 Å². The molecule has 2 fully saturated rings. The minimum Gasteiger partial charge on any atom is -0.367 e. The third kappa shape index (κ3) is 3.00. The van der Waals surface area contributed by atoms with Gasteiger partial charge in [0.15, 0.2) is 0 Å². The highest BCUT2D eigenvalue weighted by atomic mass is 15.1. The van der Waals surface area contributed by atoms with Crippen molar-refractivity contribution in [2.24, 2.45) is 0 Å². The molecule has 0 amide bonds. The molecule has 3 aromatic rings. The summed E-state index contributed by atoms with van der Waals surface area (Å²) in [4.78, 5) is 9.41. The topological polar surface area (TPSA) is 54.2 Å². The molecule has 2 N–H and O–H groups in total. The first-order valence-corrected chi connectivity index (χ1v) is 9.28. The Hall–Kier alpha value is -2.40. The molecule has 1 saturated heterocycles. The molecule has 0 unspecified atom stereocenters. The zero-order valence-electron chi connectivity index (χ0n) is 14.3. The number of anilines is 1. The van der Waals surface area contributed by atoms with E-state index in [1.807, 2.05) is 6.20 Å². The van der Waals surface area contributed by atoms with Gasteiger partial charge in [0.05, 0.1) is 17.6 Å². The summed E-state index contributed by atoms with van der Waals surface area (Å²) >= 11 is 0. The Morgan fingerprint density at radius 2 is 1.92 bits per heavy atom. The highest BCUT2D eigenvalue weighted by Gasteiger charge is 2.24. The van der Waals surface area contributed by atoms with Crippen molar-refractivity contribution in [1.82, 2.24) is 19.7 Å². The molecule has 5 heteroatoms. The van der Waals surface area contributed by atoms with Crippen molar-refractivity contribution < 1.29 is 0 Å². The van der Waals surface area contributed by atoms with E-state index < -0.39 is 0 Å². The Balaban J connectivity index is 1.47. The quantitative estimate of drug-likeness (QED) is 0.768. The third-order valence-corrected chi connectivity index (χ3v) is 5.28. The van der Waals surface area contributed by atoms with Crippen LogP contribution in [0.3, 0.4) is 0 Å². The fourth-order valence-electron chi connectivity index (χ4n) is 3.68. The Morgan fingerprint density at radius 3 is 2.76 bits per heavy atom. The summed E-state index contributed by atoms with van der Waals surface area (Å²) in [7, 11) is 0. The van der Waals surface area contributed by atoms with E-state index in [2.05, 4.69) is 56.5 Å². The number of piperidine rings is 1. The van der Waals surface area contributed by atoms with Crippen LogP contribution in [0, 0.1) is 0 Å². The van der Waals surface area contributed by atoms with E-state index in [1.54, 1.807) is 0 Å². The first kappa shape index (κ1) is 14.9. The number of nitrogens with zero attached hydrogens (tertiary/aromatic N) is 3. The maximum absolute atomic E-state index is 4.86. The second-order valence-corrected chi connectivity index (χ2v) is 7.19. The predicted molar refractivity (Wildman–Crippen MR) is 99.9 cm³/mol. The summed E-state index contributed by atoms with van der Waals surface area (Å²) in [5.74, 6) is 1.69. The molecular formula is C20H23N5. The van der Waals surface area contributed by atoms with Gasteiger partial charge >= 0.3 is 0 Å². The lowest BCUT2D eigenvalue weighted by Gasteiger charge is -2.24. The van der Waals surface area contributed by atoms with Crippen LogP contribution in [-0.2, 0) is 0 Å². The zero-order valence-corrected chi connectivity index (χ0v) is 14.3. The standard InChI is InChI=1S/C20H23N5/c1-2-17(24-19(3-1)23-16-8-10-21-11-9-16)18-12-22-20-7-6-15(13-25(18)20)14-4-5-14/h1-3,6-7,12-14,16,21H,4-5,8-11H2,(H,23,24). The fourth-order valence-corrected chi connectivity index (χ4v) is 3.68. The Kier molecular flexibility index (Phi) is 3.67. The van der Waals surface area contributed by atoms with Crippen molar-refractivity contribution in [3.05, 3.63) is 48.3 Å². The van der Waals surface area contributed by atoms with Crippen molar-refractivity contribution in [3.63, 3.8) is 0 Å². The number of imidazole rings is 1. The Bertz CT molecular complexity index is 890. The lowest BCUT2D eigenvalue weighted by molar-refractivity contribution is 0.478. The minimum atomic E-state index is 0.507. The first-order chi connectivity index (χ1) is 12.4. The van der Waals surface area contributed by atoms with Crippen LogP contribution in [0.4, 0.5) is 5.82 Å². The molecule has 3 aromatic heterocycles. The van der Waals surface area contributed by atoms with Crippen LogP contribution in [0.15, 0.2) is 42.7 Å². The van der Waals surface area contributed by atoms with Gasteiger partial charge in [-0.05, 0) is 68.5 Å². The van der Waals surface area contributed by atoms with Gasteiger partial charge in [0.2, 0.25) is 0 Å². The van der Waals surface area contributed by atoms with Gasteiger partial charge < -0.3 is 10.6 Å². The van der Waals surface area contributed by atoms with Crippen LogP contribution in [-0.4, -0.2) is 33.5 Å². The smallest absolute Gasteiger partial charge is 0.137 e. The molecule has 0 spiro atoms. The van der Waals surface area contributed by atoms with E-state index in [-0.39, 0.29) is 0 Å². The number of nitrogens with one attached hydrogen (secondary N) is 2. The number of fused-ring (bicyclic) bond motifs is 1. The molecule has 1 saturated carbocycles. The maximum Gasteiger partial charge on any atom is 0.137 e. The molecule has 0 atom stereocenters. The SMILES string of the molecule is c1cc(NC2CCNCC2)nc(-c2cnc3ccc(C4CC4)cn23)c1. The van der Waals surface area contributed by atoms with Gasteiger partial charge in [0.1, 0.15) is 11.5 Å². The van der Waals surface area contributed by atoms with E-state index in [0.29, 0.717) is 6.04 Å². The van der Waals surface area contributed by atoms with Crippen molar-refractivity contribution in [1.29, 1.82) is 0 Å². The summed E-state index contributed by atoms with van der Waals surface area (Å²) in [6.45, 7) is 2.16. The van der Waals surface area contributed by atoms with Gasteiger partial charge in [-0.3, -0.25) is 4.40 Å². The molecule has 2 aliphatic rings. The number of rotatable bonds is 4. The predicted octanol–water partition coefficient (Wildman–Crippen LogP) is 3.44. The second-order valence-electron chi connectivity index (χ2n) is 7.19. The summed E-state index contributed by atoms with van der Waals surface area (Å²) in [5.41, 5.74) is 4.43. The van der Waals surface area contributed by atoms with Crippen molar-refractivity contribution in [2.45, 2.75) is 37.6 Å². The number of aromatic nitrogens is 3. The van der Waals surface area contributed by atoms with Crippen molar-refractivity contribution >= 4 is 11.5 Å². The molecule has 1 aliphatic heterocycles. The number of pyridine rings is 2. The van der Waals surface area contributed by atoms with Gasteiger partial charge in [-0.25, -0.2) is 9.97 Å². The van der Waals surface area contributed by atoms with Crippen molar-refractivity contribution in [2.75, 3.05) is 18.4 Å². The maximum atomic E-state index is 4.86. The lowest BCUT2D eigenvalue weighted by Crippen LogP contribution is -2.35. The molecular weight excluding hydrogens is 310 g/mol. The average molecular weight is 333 g/mol. The molecule has 1 aliphatic carbocycles. The highest BCUT2D eigenvalue weighted by molar-refractivity contribution is 5.62. The van der Waals surface area contributed by atoms with E-state index in [4.69, 9.17) is 4.98 Å². The van der Waals surface area contributed by atoms with Gasteiger partial charge in [-0.2, -0.15) is 0 Å². The van der Waals surface area contributed by atoms with Crippen LogP contribution in [0.1, 0.15) is 37.2 Å². The molecule has 4 heterocycles. The fraction of sp³-hybridized carbons (Fsp3) is 0.400. The molecule has 0 aromatic carbocycles. The average Bonchev–Trinajstić information content (AvgIpc) is 3.42. The van der Waals surface area contributed by atoms with Gasteiger partial charge in [0.25, 0.3) is 0 Å². The van der Waals surface area contributed by atoms with Gasteiger partial charge in [0, 0.05) is 12.2 Å². The summed E-state index contributed by atoms with van der Waals surface area (Å²) in [6.07, 6.45) is 9.08. The minimum absolute atomic E-state index is 0.507. The van der Waals surface area contributed by atoms with Crippen molar-refractivity contribution in [3.8, 4) is 11.4 Å². The molecule has 5 rings (SSSR count). The lowest BCUT2D eigenvalue weighted by atomic mass is 10.1. The summed E-state index contributed by atoms with van der Waals surface area (Å²) < 4.78 is 2.18. The van der Waals surface area contributed by atoms with Gasteiger partial charge in [-0.1, -0.05) is 12.1 Å². The van der Waals surface area contributed by atoms with E-state index >= 15 is 0 Å². The van der Waals surface area contributed by atoms with E-state index in [9.17, 15) is 0 Å². The number of hydrogen-bond donors (Lipinski definition) is 2. The van der Waals surface area contributed by atoms with E-state index in [1.165, 1.54) is 18.4 Å². The molecule has 5 nitrogen and oxygen atoms in total. The van der Waals surface area contributed by atoms with Crippen LogP contribution in [0.2, 0.25) is 0 Å². The Morgan fingerprint density at radius 1 is 1.04 bits per heavy atom. The first-order valence-electron chi connectivity index (χ1n) is 9.28. The zero-order chi connectivity index (χ0) is 16.6. The monoisotopic (exact) mass is 333 g/mol. The number of hydrogen-bond acceptors (Lipinski definition) is 4. The summed E-state index contributed by atoms with van der Waals surface area (Å²) in [6, 6.07) is 11.1. The van der Waals surface area contributed by atoms with Crippen LogP contribution in [0.25, 0.3) is 17.0 Å². The highest BCUT2D eigenvalue weighted by Crippen LogP contribution is 2.40. The second kappa shape index (κ2) is 6.15. The third-order valence-electron chi connectivity index (χ3n) is 5.28. The van der Waals surface area contributed by atoms with Crippen LogP contribution >= 0.6 is 0 Å². The van der Waals surface area contributed by atoms with E-state index in [0.717, 1.165) is 54.7 Å². The molecule has 25 heavy (non-hydrogen) atoms. The largest absolute Gasteiger partial charge is 0.367 e. The normalized spacial score (nSPS) is 18.6. The Labute approximate surface area is 147 Å². The molecule has 0 bridgehead atoms. The molecule has 0 radical (unpaired) electrons. The molecule has 128 valence electrons. The van der Waals surface area contributed by atoms with Gasteiger partial charge in [-0.15, -0.1) is 0 Å².